The third-order valence-corrected chi connectivity index (χ3v) is 4.01. The second-order valence-corrected chi connectivity index (χ2v) is 5.50. The van der Waals surface area contributed by atoms with Gasteiger partial charge in [0.1, 0.15) is 0 Å². The molecule has 1 N–H and O–H groups in total. The van der Waals surface area contributed by atoms with Crippen LogP contribution in [0.3, 0.4) is 0 Å². The lowest BCUT2D eigenvalue weighted by Crippen LogP contribution is -2.50. The quantitative estimate of drug-likeness (QED) is 0.713. The highest BCUT2D eigenvalue weighted by atomic mass is 16.5. The number of carbonyl (C=O) groups excluding carboxylic acids is 1. The summed E-state index contributed by atoms with van der Waals surface area (Å²) in [6.45, 7) is 5.72. The normalized spacial score (nSPS) is 24.9. The van der Waals surface area contributed by atoms with Crippen molar-refractivity contribution in [2.24, 2.45) is 0 Å². The summed E-state index contributed by atoms with van der Waals surface area (Å²) in [5, 5.41) is 8.72. The van der Waals surface area contributed by atoms with Gasteiger partial charge in [-0.15, -0.1) is 0 Å². The number of hydrogen-bond donors (Lipinski definition) is 1. The highest BCUT2D eigenvalue weighted by Gasteiger charge is 2.24. The number of carbonyl (C=O) groups is 1. The number of amides is 1. The van der Waals surface area contributed by atoms with E-state index in [1.807, 2.05) is 4.90 Å². The van der Waals surface area contributed by atoms with Crippen molar-refractivity contribution in [1.82, 2.24) is 9.80 Å². The van der Waals surface area contributed by atoms with Crippen LogP contribution in [0.5, 0.6) is 0 Å². The van der Waals surface area contributed by atoms with Gasteiger partial charge in [0.15, 0.2) is 0 Å². The Balaban J connectivity index is 1.62. The summed E-state index contributed by atoms with van der Waals surface area (Å²) in [6, 6.07) is 0. The molecule has 2 aliphatic rings. The number of hydrogen-bond acceptors (Lipinski definition) is 4. The van der Waals surface area contributed by atoms with Crippen molar-refractivity contribution in [3.63, 3.8) is 0 Å². The van der Waals surface area contributed by atoms with Gasteiger partial charge in [0, 0.05) is 52.4 Å². The smallest absolute Gasteiger partial charge is 0.222 e. The Labute approximate surface area is 115 Å². The molecule has 1 amide bonds. The Morgan fingerprint density at radius 1 is 1.21 bits per heavy atom. The molecule has 0 radical (unpaired) electrons. The van der Waals surface area contributed by atoms with Crippen LogP contribution < -0.4 is 0 Å². The first-order valence-corrected chi connectivity index (χ1v) is 7.52. The number of aliphatic hydroxyl groups is 1. The molecule has 2 rings (SSSR count). The lowest BCUT2D eigenvalue weighted by Gasteiger charge is -2.35. The van der Waals surface area contributed by atoms with Gasteiger partial charge in [0.2, 0.25) is 5.91 Å². The van der Waals surface area contributed by atoms with Crippen LogP contribution in [0.15, 0.2) is 0 Å². The molecule has 2 saturated heterocycles. The van der Waals surface area contributed by atoms with Gasteiger partial charge in [-0.05, 0) is 25.7 Å². The third-order valence-electron chi connectivity index (χ3n) is 4.01. The molecular formula is C14H26N2O3. The summed E-state index contributed by atoms with van der Waals surface area (Å²) >= 11 is 0. The molecule has 0 bridgehead atoms. The second-order valence-electron chi connectivity index (χ2n) is 5.50. The van der Waals surface area contributed by atoms with E-state index < -0.39 is 0 Å². The van der Waals surface area contributed by atoms with E-state index in [0.717, 1.165) is 52.2 Å². The maximum Gasteiger partial charge on any atom is 0.222 e. The van der Waals surface area contributed by atoms with Crippen molar-refractivity contribution in [2.45, 2.75) is 38.2 Å². The number of nitrogens with zero attached hydrogens (tertiary/aromatic N) is 2. The molecule has 2 heterocycles. The molecular weight excluding hydrogens is 244 g/mol. The van der Waals surface area contributed by atoms with E-state index in [-0.39, 0.29) is 12.5 Å². The summed E-state index contributed by atoms with van der Waals surface area (Å²) in [5.74, 6) is 0.241. The standard InChI is InChI=1S/C14H26N2O3/c17-10-2-1-5-14(18)16-8-6-15(7-9-16)12-13-4-3-11-19-13/h13,17H,1-12H2. The molecule has 0 aromatic heterocycles. The van der Waals surface area contributed by atoms with Crippen molar-refractivity contribution in [3.8, 4) is 0 Å². The highest BCUT2D eigenvalue weighted by molar-refractivity contribution is 5.76. The SMILES string of the molecule is O=C(CCCCO)N1CCN(CC2CCCO2)CC1. The molecule has 5 nitrogen and oxygen atoms in total. The Morgan fingerprint density at radius 2 is 2.00 bits per heavy atom. The minimum absolute atomic E-state index is 0.183. The van der Waals surface area contributed by atoms with Gasteiger partial charge in [-0.25, -0.2) is 0 Å². The Kier molecular flexibility index (Phi) is 6.07. The first kappa shape index (κ1) is 14.8. The first-order chi connectivity index (χ1) is 9.29. The van der Waals surface area contributed by atoms with E-state index in [0.29, 0.717) is 12.5 Å². The van der Waals surface area contributed by atoms with Gasteiger partial charge in [0.05, 0.1) is 6.10 Å². The number of rotatable bonds is 6. The first-order valence-electron chi connectivity index (χ1n) is 7.52. The van der Waals surface area contributed by atoms with E-state index in [1.165, 1.54) is 12.8 Å². The average molecular weight is 270 g/mol. The zero-order valence-electron chi connectivity index (χ0n) is 11.7. The summed E-state index contributed by atoms with van der Waals surface area (Å²) in [4.78, 5) is 16.3. The molecule has 5 heteroatoms. The molecule has 0 saturated carbocycles. The molecule has 19 heavy (non-hydrogen) atoms. The number of ether oxygens (including phenoxy) is 1. The lowest BCUT2D eigenvalue weighted by atomic mass is 10.2. The zero-order chi connectivity index (χ0) is 13.5. The number of unbranched alkanes of at least 4 members (excludes halogenated alkanes) is 1. The molecule has 1 unspecified atom stereocenters. The van der Waals surface area contributed by atoms with Crippen molar-refractivity contribution in [1.29, 1.82) is 0 Å². The molecule has 0 aromatic carbocycles. The van der Waals surface area contributed by atoms with E-state index in [4.69, 9.17) is 9.84 Å². The molecule has 0 aromatic rings. The van der Waals surface area contributed by atoms with Gasteiger partial charge in [-0.2, -0.15) is 0 Å². The van der Waals surface area contributed by atoms with E-state index in [2.05, 4.69) is 4.90 Å². The van der Waals surface area contributed by atoms with Crippen molar-refractivity contribution < 1.29 is 14.6 Å². The van der Waals surface area contributed by atoms with Gasteiger partial charge in [-0.1, -0.05) is 0 Å². The second kappa shape index (κ2) is 7.82. The summed E-state index contributed by atoms with van der Waals surface area (Å²) in [5.41, 5.74) is 0. The van der Waals surface area contributed by atoms with E-state index in [1.54, 1.807) is 0 Å². The van der Waals surface area contributed by atoms with Crippen LogP contribution in [0.4, 0.5) is 0 Å². The van der Waals surface area contributed by atoms with Crippen molar-refractivity contribution >= 4 is 5.91 Å². The van der Waals surface area contributed by atoms with Crippen LogP contribution in [-0.4, -0.2) is 72.9 Å². The van der Waals surface area contributed by atoms with E-state index in [9.17, 15) is 4.79 Å². The average Bonchev–Trinajstić information content (AvgIpc) is 2.93. The van der Waals surface area contributed by atoms with Gasteiger partial charge >= 0.3 is 0 Å². The van der Waals surface area contributed by atoms with Crippen LogP contribution in [0.1, 0.15) is 32.1 Å². The summed E-state index contributed by atoms with van der Waals surface area (Å²) in [7, 11) is 0. The zero-order valence-corrected chi connectivity index (χ0v) is 11.7. The Bertz CT molecular complexity index is 272. The van der Waals surface area contributed by atoms with Crippen LogP contribution in [0.25, 0.3) is 0 Å². The molecule has 0 spiro atoms. The van der Waals surface area contributed by atoms with Crippen LogP contribution in [0.2, 0.25) is 0 Å². The Morgan fingerprint density at radius 3 is 2.63 bits per heavy atom. The Hall–Kier alpha value is -0.650. The van der Waals surface area contributed by atoms with E-state index >= 15 is 0 Å². The number of aliphatic hydroxyl groups excluding tert-OH is 1. The fourth-order valence-corrected chi connectivity index (χ4v) is 2.80. The van der Waals surface area contributed by atoms with Crippen LogP contribution >= 0.6 is 0 Å². The third kappa shape index (κ3) is 4.75. The largest absolute Gasteiger partial charge is 0.396 e. The van der Waals surface area contributed by atoms with Gasteiger partial charge < -0.3 is 14.7 Å². The monoisotopic (exact) mass is 270 g/mol. The fraction of sp³-hybridized carbons (Fsp3) is 0.929. The van der Waals surface area contributed by atoms with Crippen molar-refractivity contribution in [2.75, 3.05) is 45.9 Å². The molecule has 110 valence electrons. The number of piperazine rings is 1. The van der Waals surface area contributed by atoms with Crippen LogP contribution in [0, 0.1) is 0 Å². The van der Waals surface area contributed by atoms with Crippen LogP contribution in [-0.2, 0) is 9.53 Å². The van der Waals surface area contributed by atoms with Gasteiger partial charge in [0.25, 0.3) is 0 Å². The maximum atomic E-state index is 11.9. The molecule has 2 aliphatic heterocycles. The van der Waals surface area contributed by atoms with Gasteiger partial charge in [-0.3, -0.25) is 9.69 Å². The van der Waals surface area contributed by atoms with Crippen molar-refractivity contribution in [3.05, 3.63) is 0 Å². The summed E-state index contributed by atoms with van der Waals surface area (Å²) in [6.07, 6.45) is 4.88. The maximum absolute atomic E-state index is 11.9. The summed E-state index contributed by atoms with van der Waals surface area (Å²) < 4.78 is 5.65. The topological polar surface area (TPSA) is 53.0 Å². The molecule has 1 atom stereocenters. The molecule has 0 aliphatic carbocycles. The minimum atomic E-state index is 0.183. The molecule has 2 fully saturated rings. The predicted octanol–water partition coefficient (Wildman–Crippen LogP) is 0.472. The highest BCUT2D eigenvalue weighted by Crippen LogP contribution is 2.14. The fourth-order valence-electron chi connectivity index (χ4n) is 2.80. The lowest BCUT2D eigenvalue weighted by molar-refractivity contribution is -0.133. The predicted molar refractivity (Wildman–Crippen MR) is 72.9 cm³/mol. The minimum Gasteiger partial charge on any atom is -0.396 e.